The molecule has 0 saturated heterocycles. The lowest BCUT2D eigenvalue weighted by molar-refractivity contribution is 0.504. The molecule has 0 bridgehead atoms. The van der Waals surface area contributed by atoms with Crippen LogP contribution in [0.15, 0.2) is 29.3 Å². The molecule has 0 saturated carbocycles. The zero-order valence-corrected chi connectivity index (χ0v) is 13.0. The maximum atomic E-state index is 4.24. The van der Waals surface area contributed by atoms with Crippen molar-refractivity contribution < 1.29 is 0 Å². The third kappa shape index (κ3) is 4.58. The van der Waals surface area contributed by atoms with Crippen LogP contribution in [0.1, 0.15) is 38.8 Å². The second kappa shape index (κ2) is 6.60. The number of aryl methyl sites for hydroxylation is 1. The smallest absolute Gasteiger partial charge is 0.191 e. The molecule has 1 aromatic carbocycles. The molecule has 0 aromatic heterocycles. The Hall–Kier alpha value is -1.51. The largest absolute Gasteiger partial charge is 0.356 e. The van der Waals surface area contributed by atoms with Gasteiger partial charge in [-0.3, -0.25) is 4.99 Å². The highest BCUT2D eigenvalue weighted by atomic mass is 15.2. The fraction of sp³-hybridized carbons (Fsp3) is 0.562. The number of rotatable bonds is 4. The minimum Gasteiger partial charge on any atom is -0.356 e. The number of benzene rings is 1. The molecule has 3 heteroatoms. The second-order valence-corrected chi connectivity index (χ2v) is 5.92. The molecule has 0 spiro atoms. The average Bonchev–Trinajstić information content (AvgIpc) is 2.34. The molecule has 0 heterocycles. The van der Waals surface area contributed by atoms with Crippen LogP contribution in [0.4, 0.5) is 0 Å². The number of hydrogen-bond donors (Lipinski definition) is 2. The molecule has 19 heavy (non-hydrogen) atoms. The maximum Gasteiger partial charge on any atom is 0.191 e. The first-order valence-electron chi connectivity index (χ1n) is 6.90. The van der Waals surface area contributed by atoms with Gasteiger partial charge in [0.25, 0.3) is 0 Å². The molecule has 1 aromatic rings. The van der Waals surface area contributed by atoms with Gasteiger partial charge in [0, 0.05) is 25.0 Å². The van der Waals surface area contributed by atoms with E-state index in [4.69, 9.17) is 0 Å². The lowest BCUT2D eigenvalue weighted by Crippen LogP contribution is -2.45. The number of hydrogen-bond acceptors (Lipinski definition) is 1. The van der Waals surface area contributed by atoms with Crippen LogP contribution in [0.25, 0.3) is 0 Å². The van der Waals surface area contributed by atoms with Gasteiger partial charge in [-0.05, 0) is 31.9 Å². The van der Waals surface area contributed by atoms with Gasteiger partial charge in [0.05, 0.1) is 0 Å². The van der Waals surface area contributed by atoms with Crippen LogP contribution in [0.3, 0.4) is 0 Å². The van der Waals surface area contributed by atoms with Crippen molar-refractivity contribution in [2.45, 2.75) is 46.1 Å². The van der Waals surface area contributed by atoms with Gasteiger partial charge < -0.3 is 10.6 Å². The Labute approximate surface area is 117 Å². The lowest BCUT2D eigenvalue weighted by Gasteiger charge is -2.28. The molecule has 0 aliphatic heterocycles. The van der Waals surface area contributed by atoms with Crippen molar-refractivity contribution in [3.8, 4) is 0 Å². The van der Waals surface area contributed by atoms with Crippen LogP contribution in [-0.4, -0.2) is 25.6 Å². The van der Waals surface area contributed by atoms with E-state index in [2.05, 4.69) is 74.5 Å². The first-order chi connectivity index (χ1) is 8.86. The van der Waals surface area contributed by atoms with Gasteiger partial charge in [-0.15, -0.1) is 0 Å². The van der Waals surface area contributed by atoms with Gasteiger partial charge in [0.2, 0.25) is 0 Å². The van der Waals surface area contributed by atoms with E-state index in [1.165, 1.54) is 11.1 Å². The third-order valence-electron chi connectivity index (χ3n) is 3.22. The Bertz CT molecular complexity index is 433. The van der Waals surface area contributed by atoms with Crippen LogP contribution in [0.2, 0.25) is 0 Å². The molecule has 0 radical (unpaired) electrons. The average molecular weight is 261 g/mol. The van der Waals surface area contributed by atoms with E-state index in [9.17, 15) is 0 Å². The molecule has 0 amide bonds. The second-order valence-electron chi connectivity index (χ2n) is 5.92. The number of aliphatic imine (C=N–C) groups is 1. The van der Waals surface area contributed by atoms with Crippen molar-refractivity contribution in [1.29, 1.82) is 0 Å². The summed E-state index contributed by atoms with van der Waals surface area (Å²) in [7, 11) is 1.80. The summed E-state index contributed by atoms with van der Waals surface area (Å²) in [5, 5.41) is 6.71. The predicted molar refractivity (Wildman–Crippen MR) is 83.8 cm³/mol. The maximum absolute atomic E-state index is 4.24. The standard InChI is InChI=1S/C16H27N3/c1-12(2)19-15(17-6)18-11-16(4,5)14-10-8-7-9-13(14)3/h7-10,12H,11H2,1-6H3,(H2,17,18,19). The van der Waals surface area contributed by atoms with Gasteiger partial charge in [0.1, 0.15) is 0 Å². The predicted octanol–water partition coefficient (Wildman–Crippen LogP) is 2.85. The number of nitrogens with zero attached hydrogens (tertiary/aromatic N) is 1. The van der Waals surface area contributed by atoms with Gasteiger partial charge in [-0.1, -0.05) is 38.1 Å². The molecule has 0 atom stereocenters. The zero-order chi connectivity index (χ0) is 14.5. The molecule has 0 aliphatic rings. The number of nitrogens with one attached hydrogen (secondary N) is 2. The van der Waals surface area contributed by atoms with E-state index in [1.54, 1.807) is 7.05 Å². The molecule has 0 aliphatic carbocycles. The molecule has 106 valence electrons. The van der Waals surface area contributed by atoms with E-state index in [0.717, 1.165) is 12.5 Å². The quantitative estimate of drug-likeness (QED) is 0.646. The van der Waals surface area contributed by atoms with E-state index in [1.807, 2.05) is 0 Å². The molecule has 2 N–H and O–H groups in total. The van der Waals surface area contributed by atoms with E-state index in [0.29, 0.717) is 6.04 Å². The van der Waals surface area contributed by atoms with Crippen molar-refractivity contribution in [2.75, 3.05) is 13.6 Å². The summed E-state index contributed by atoms with van der Waals surface area (Å²) in [5.74, 6) is 0.858. The Morgan fingerprint density at radius 3 is 2.42 bits per heavy atom. The zero-order valence-electron chi connectivity index (χ0n) is 13.0. The SMILES string of the molecule is CN=C(NCC(C)(C)c1ccccc1C)NC(C)C. The minimum absolute atomic E-state index is 0.0694. The minimum atomic E-state index is 0.0694. The lowest BCUT2D eigenvalue weighted by atomic mass is 9.82. The highest BCUT2D eigenvalue weighted by molar-refractivity contribution is 5.80. The molecule has 1 rings (SSSR count). The highest BCUT2D eigenvalue weighted by Crippen LogP contribution is 2.25. The van der Waals surface area contributed by atoms with E-state index < -0.39 is 0 Å². The van der Waals surface area contributed by atoms with Crippen molar-refractivity contribution >= 4 is 5.96 Å². The Morgan fingerprint density at radius 1 is 1.26 bits per heavy atom. The van der Waals surface area contributed by atoms with Crippen LogP contribution >= 0.6 is 0 Å². The molecule has 0 fully saturated rings. The highest BCUT2D eigenvalue weighted by Gasteiger charge is 2.22. The fourth-order valence-corrected chi connectivity index (χ4v) is 2.20. The Morgan fingerprint density at radius 2 is 1.89 bits per heavy atom. The first kappa shape index (κ1) is 15.5. The monoisotopic (exact) mass is 261 g/mol. The van der Waals surface area contributed by atoms with Crippen LogP contribution in [0, 0.1) is 6.92 Å². The summed E-state index contributed by atoms with van der Waals surface area (Å²) >= 11 is 0. The molecular weight excluding hydrogens is 234 g/mol. The summed E-state index contributed by atoms with van der Waals surface area (Å²) in [4.78, 5) is 4.24. The summed E-state index contributed by atoms with van der Waals surface area (Å²) in [6.07, 6.45) is 0. The molecule has 0 unspecified atom stereocenters. The van der Waals surface area contributed by atoms with E-state index in [-0.39, 0.29) is 5.41 Å². The molecule has 3 nitrogen and oxygen atoms in total. The van der Waals surface area contributed by atoms with Crippen LogP contribution in [-0.2, 0) is 5.41 Å². The summed E-state index contributed by atoms with van der Waals surface area (Å²) in [6, 6.07) is 8.94. The fourth-order valence-electron chi connectivity index (χ4n) is 2.20. The van der Waals surface area contributed by atoms with Gasteiger partial charge in [0.15, 0.2) is 5.96 Å². The third-order valence-corrected chi connectivity index (χ3v) is 3.22. The van der Waals surface area contributed by atoms with Gasteiger partial charge >= 0.3 is 0 Å². The summed E-state index contributed by atoms with van der Waals surface area (Å²) < 4.78 is 0. The van der Waals surface area contributed by atoms with Gasteiger partial charge in [-0.2, -0.15) is 0 Å². The molecular formula is C16H27N3. The normalized spacial score (nSPS) is 12.7. The summed E-state index contributed by atoms with van der Waals surface area (Å²) in [5.41, 5.74) is 2.78. The topological polar surface area (TPSA) is 36.4 Å². The number of guanidine groups is 1. The Balaban J connectivity index is 2.73. The van der Waals surface area contributed by atoms with Crippen LogP contribution < -0.4 is 10.6 Å². The van der Waals surface area contributed by atoms with Crippen molar-refractivity contribution in [3.05, 3.63) is 35.4 Å². The first-order valence-corrected chi connectivity index (χ1v) is 6.90. The van der Waals surface area contributed by atoms with E-state index >= 15 is 0 Å². The van der Waals surface area contributed by atoms with Crippen LogP contribution in [0.5, 0.6) is 0 Å². The van der Waals surface area contributed by atoms with Gasteiger partial charge in [-0.25, -0.2) is 0 Å². The van der Waals surface area contributed by atoms with Crippen molar-refractivity contribution in [1.82, 2.24) is 10.6 Å². The van der Waals surface area contributed by atoms with Crippen molar-refractivity contribution in [2.24, 2.45) is 4.99 Å². The Kier molecular flexibility index (Phi) is 5.40. The summed E-state index contributed by atoms with van der Waals surface area (Å²) in [6.45, 7) is 11.7. The van der Waals surface area contributed by atoms with Crippen molar-refractivity contribution in [3.63, 3.8) is 0 Å².